The number of esters is 2. The van der Waals surface area contributed by atoms with Crippen LogP contribution in [0.4, 0.5) is 0 Å². The molecule has 0 heterocycles. The van der Waals surface area contributed by atoms with Crippen LogP contribution in [-0.2, 0) is 23.8 Å². The Morgan fingerprint density at radius 1 is 0.348 bits per heavy atom. The van der Waals surface area contributed by atoms with Gasteiger partial charge in [0.25, 0.3) is 0 Å². The third kappa shape index (κ3) is 54.0. The summed E-state index contributed by atoms with van der Waals surface area (Å²) in [5, 5.41) is 0. The van der Waals surface area contributed by atoms with Crippen LogP contribution in [0, 0.1) is 0 Å². The van der Waals surface area contributed by atoms with Gasteiger partial charge in [-0.2, -0.15) is 0 Å². The van der Waals surface area contributed by atoms with E-state index in [1.807, 2.05) is 0 Å². The molecule has 1 atom stereocenters. The van der Waals surface area contributed by atoms with Crippen LogP contribution in [-0.4, -0.2) is 37.9 Å². The first-order valence-electron chi connectivity index (χ1n) is 28.5. The van der Waals surface area contributed by atoms with Crippen LogP contribution in [0.1, 0.15) is 278 Å². The Labute approximate surface area is 410 Å². The second kappa shape index (κ2) is 56.7. The van der Waals surface area contributed by atoms with Gasteiger partial charge < -0.3 is 14.2 Å². The predicted molar refractivity (Wildman–Crippen MR) is 288 cm³/mol. The summed E-state index contributed by atoms with van der Waals surface area (Å²) in [6, 6.07) is 0. The Kier molecular flexibility index (Phi) is 54.4. The molecule has 0 saturated heterocycles. The van der Waals surface area contributed by atoms with Crippen LogP contribution >= 0.6 is 0 Å². The Balaban J connectivity index is 4.28. The summed E-state index contributed by atoms with van der Waals surface area (Å²) in [5.74, 6) is -0.402. The molecule has 0 aliphatic carbocycles. The second-order valence-corrected chi connectivity index (χ2v) is 18.8. The minimum absolute atomic E-state index is 0.0776. The highest BCUT2D eigenvalue weighted by atomic mass is 16.6. The normalized spacial score (nSPS) is 12.7. The molecule has 0 bridgehead atoms. The Hall–Kier alpha value is -2.66. The molecule has 0 aromatic rings. The van der Waals surface area contributed by atoms with Gasteiger partial charge in [0.2, 0.25) is 0 Å². The van der Waals surface area contributed by atoms with E-state index in [1.54, 1.807) is 0 Å². The zero-order chi connectivity index (χ0) is 47.7. The molecular formula is C61H108O5. The second-order valence-electron chi connectivity index (χ2n) is 18.8. The fourth-order valence-electron chi connectivity index (χ4n) is 8.07. The molecule has 0 fully saturated rings. The smallest absolute Gasteiger partial charge is 0.306 e. The maximum atomic E-state index is 12.9. The number of unbranched alkanes of at least 4 members (excludes halogenated alkanes) is 29. The fraction of sp³-hybridized carbons (Fsp3) is 0.770. The molecule has 0 radical (unpaired) electrons. The van der Waals surface area contributed by atoms with Crippen LogP contribution in [0.5, 0.6) is 0 Å². The number of carbonyl (C=O) groups is 2. The van der Waals surface area contributed by atoms with E-state index in [0.717, 1.165) is 89.9 Å². The lowest BCUT2D eigenvalue weighted by Gasteiger charge is -2.18. The average Bonchev–Trinajstić information content (AvgIpc) is 3.32. The molecule has 5 nitrogen and oxygen atoms in total. The van der Waals surface area contributed by atoms with E-state index in [-0.39, 0.29) is 25.2 Å². The molecule has 0 aliphatic rings. The minimum Gasteiger partial charge on any atom is -0.462 e. The van der Waals surface area contributed by atoms with Gasteiger partial charge in [-0.05, 0) is 83.5 Å². The van der Waals surface area contributed by atoms with Gasteiger partial charge in [-0.3, -0.25) is 9.59 Å². The third-order valence-corrected chi connectivity index (χ3v) is 12.2. The van der Waals surface area contributed by atoms with Crippen molar-refractivity contribution in [2.45, 2.75) is 284 Å². The molecule has 0 aromatic carbocycles. The first kappa shape index (κ1) is 63.3. The molecule has 5 heteroatoms. The van der Waals surface area contributed by atoms with Crippen molar-refractivity contribution in [2.75, 3.05) is 19.8 Å². The largest absolute Gasteiger partial charge is 0.462 e. The van der Waals surface area contributed by atoms with Gasteiger partial charge in [-0.15, -0.1) is 0 Å². The molecule has 0 rings (SSSR count). The zero-order valence-corrected chi connectivity index (χ0v) is 44.0. The van der Waals surface area contributed by atoms with Gasteiger partial charge in [0.1, 0.15) is 6.61 Å². The van der Waals surface area contributed by atoms with Crippen LogP contribution < -0.4 is 0 Å². The number of allylic oxidation sites excluding steroid dienone is 12. The molecule has 382 valence electrons. The van der Waals surface area contributed by atoms with Crippen molar-refractivity contribution in [2.24, 2.45) is 0 Å². The van der Waals surface area contributed by atoms with E-state index in [9.17, 15) is 9.59 Å². The Bertz CT molecular complexity index is 1180. The van der Waals surface area contributed by atoms with E-state index in [4.69, 9.17) is 14.2 Å². The highest BCUT2D eigenvalue weighted by molar-refractivity contribution is 5.70. The molecule has 0 saturated carbocycles. The van der Waals surface area contributed by atoms with Gasteiger partial charge in [-0.25, -0.2) is 0 Å². The first-order valence-corrected chi connectivity index (χ1v) is 28.5. The summed E-state index contributed by atoms with van der Waals surface area (Å²) >= 11 is 0. The number of rotatable bonds is 52. The maximum absolute atomic E-state index is 12.9. The van der Waals surface area contributed by atoms with Crippen molar-refractivity contribution < 1.29 is 23.8 Å². The van der Waals surface area contributed by atoms with Crippen molar-refractivity contribution in [1.29, 1.82) is 0 Å². The van der Waals surface area contributed by atoms with Crippen LogP contribution in [0.25, 0.3) is 0 Å². The first-order chi connectivity index (χ1) is 32.6. The lowest BCUT2D eigenvalue weighted by molar-refractivity contribution is -0.163. The summed E-state index contributed by atoms with van der Waals surface area (Å²) in [5.41, 5.74) is 0. The number of carbonyl (C=O) groups excluding carboxylic acids is 2. The van der Waals surface area contributed by atoms with Gasteiger partial charge in [0.05, 0.1) is 6.61 Å². The predicted octanol–water partition coefficient (Wildman–Crippen LogP) is 19.5. The molecule has 0 spiro atoms. The number of ether oxygens (including phenoxy) is 3. The highest BCUT2D eigenvalue weighted by Crippen LogP contribution is 2.16. The van der Waals surface area contributed by atoms with Crippen molar-refractivity contribution >= 4 is 11.9 Å². The third-order valence-electron chi connectivity index (χ3n) is 12.2. The molecule has 66 heavy (non-hydrogen) atoms. The summed E-state index contributed by atoms with van der Waals surface area (Å²) in [6.45, 7) is 7.62. The van der Waals surface area contributed by atoms with Gasteiger partial charge >= 0.3 is 11.9 Å². The van der Waals surface area contributed by atoms with Gasteiger partial charge in [0, 0.05) is 19.4 Å². The van der Waals surface area contributed by atoms with Crippen LogP contribution in [0.2, 0.25) is 0 Å². The quantitative estimate of drug-likeness (QED) is 0.0346. The topological polar surface area (TPSA) is 61.8 Å². The Morgan fingerprint density at radius 3 is 1.09 bits per heavy atom. The summed E-state index contributed by atoms with van der Waals surface area (Å²) < 4.78 is 17.5. The monoisotopic (exact) mass is 921 g/mol. The van der Waals surface area contributed by atoms with E-state index < -0.39 is 6.10 Å². The number of hydrogen-bond acceptors (Lipinski definition) is 5. The zero-order valence-electron chi connectivity index (χ0n) is 44.0. The van der Waals surface area contributed by atoms with Crippen molar-refractivity contribution in [3.05, 3.63) is 72.9 Å². The van der Waals surface area contributed by atoms with Gasteiger partial charge in [-0.1, -0.05) is 254 Å². The average molecular weight is 922 g/mol. The van der Waals surface area contributed by atoms with E-state index in [0.29, 0.717) is 19.4 Å². The van der Waals surface area contributed by atoms with E-state index >= 15 is 0 Å². The minimum atomic E-state index is -0.545. The summed E-state index contributed by atoms with van der Waals surface area (Å²) in [4.78, 5) is 25.5. The Morgan fingerprint density at radius 2 is 0.682 bits per heavy atom. The number of hydrogen-bond donors (Lipinski definition) is 0. The highest BCUT2D eigenvalue weighted by Gasteiger charge is 2.17. The molecule has 0 N–H and O–H groups in total. The standard InChI is InChI=1S/C61H108O5/c1-4-7-10-13-16-19-22-25-28-30-32-35-38-41-44-47-50-53-56-64-57-59(66-61(63)55-52-49-46-43-40-37-33-27-24-21-18-15-12-9-6-3)58-65-60(62)54-51-48-45-42-39-36-34-31-29-26-23-20-17-14-11-8-5-2/h7-8,10-11,16-17,19-20,25-26,28-29,59H,4-6,9,12-15,18,21-24,27,30-58H2,1-3H3/b10-7-,11-8-,19-16-,20-17-,28-25-,29-26-. The SMILES string of the molecule is CC/C=C\C/C=C\C/C=C\CCCCCCCCCCOCC(COC(=O)CCCCCCCCC/C=C\C/C=C\C/C=C\CC)OC(=O)CCCCCCCCCCCCCCCCC. The molecule has 1 unspecified atom stereocenters. The van der Waals surface area contributed by atoms with E-state index in [2.05, 4.69) is 93.7 Å². The molecule has 0 aromatic heterocycles. The summed E-state index contributed by atoms with van der Waals surface area (Å²) in [6.07, 6.45) is 73.5. The van der Waals surface area contributed by atoms with Crippen molar-refractivity contribution in [1.82, 2.24) is 0 Å². The fourth-order valence-corrected chi connectivity index (χ4v) is 8.07. The molecular weight excluding hydrogens is 813 g/mol. The van der Waals surface area contributed by atoms with Crippen molar-refractivity contribution in [3.63, 3.8) is 0 Å². The summed E-state index contributed by atoms with van der Waals surface area (Å²) in [7, 11) is 0. The lowest BCUT2D eigenvalue weighted by Crippen LogP contribution is -2.30. The van der Waals surface area contributed by atoms with Crippen LogP contribution in [0.3, 0.4) is 0 Å². The lowest BCUT2D eigenvalue weighted by atomic mass is 10.0. The molecule has 0 aliphatic heterocycles. The molecule has 0 amide bonds. The van der Waals surface area contributed by atoms with E-state index in [1.165, 1.54) is 154 Å². The van der Waals surface area contributed by atoms with Crippen molar-refractivity contribution in [3.8, 4) is 0 Å². The maximum Gasteiger partial charge on any atom is 0.306 e. The van der Waals surface area contributed by atoms with Gasteiger partial charge in [0.15, 0.2) is 6.10 Å². The van der Waals surface area contributed by atoms with Crippen LogP contribution in [0.15, 0.2) is 72.9 Å².